The average molecular weight is 255 g/mol. The van der Waals surface area contributed by atoms with Gasteiger partial charge in [0.25, 0.3) is 5.91 Å². The summed E-state index contributed by atoms with van der Waals surface area (Å²) in [5.41, 5.74) is 0.734. The molecule has 5 nitrogen and oxygen atoms in total. The van der Waals surface area contributed by atoms with Crippen LogP contribution in [0.5, 0.6) is 0 Å². The Morgan fingerprint density at radius 1 is 1.42 bits per heavy atom. The Hall–Kier alpha value is -2.61. The van der Waals surface area contributed by atoms with E-state index in [1.807, 2.05) is 25.1 Å². The molecule has 19 heavy (non-hydrogen) atoms. The van der Waals surface area contributed by atoms with Gasteiger partial charge < -0.3 is 9.73 Å². The highest BCUT2D eigenvalue weighted by Crippen LogP contribution is 2.06. The van der Waals surface area contributed by atoms with Gasteiger partial charge in [0.1, 0.15) is 23.3 Å². The number of nitriles is 1. The van der Waals surface area contributed by atoms with E-state index in [1.54, 1.807) is 6.07 Å². The second kappa shape index (κ2) is 5.83. The fourth-order valence-electron chi connectivity index (χ4n) is 1.60. The van der Waals surface area contributed by atoms with Crippen LogP contribution in [0.1, 0.15) is 27.6 Å². The average Bonchev–Trinajstić information content (AvgIpc) is 2.84. The molecule has 0 bridgehead atoms. The van der Waals surface area contributed by atoms with E-state index in [2.05, 4.69) is 10.3 Å². The minimum Gasteiger partial charge on any atom is -0.466 e. The van der Waals surface area contributed by atoms with E-state index in [0.717, 1.165) is 11.5 Å². The molecule has 0 atom stereocenters. The van der Waals surface area contributed by atoms with Gasteiger partial charge in [0.2, 0.25) is 0 Å². The standard InChI is InChI=1S/C14H13N3O2/c1-10-2-4-12(19-10)6-7-16-14(18)13-5-3-11(8-15)9-17-13/h2-5,9H,6-7H2,1H3,(H,16,18). The summed E-state index contributed by atoms with van der Waals surface area (Å²) < 4.78 is 5.40. The van der Waals surface area contributed by atoms with Gasteiger partial charge in [0, 0.05) is 19.2 Å². The molecular weight excluding hydrogens is 242 g/mol. The van der Waals surface area contributed by atoms with Crippen LogP contribution < -0.4 is 5.32 Å². The molecule has 1 amide bonds. The highest BCUT2D eigenvalue weighted by atomic mass is 16.3. The molecule has 0 aromatic carbocycles. The normalized spacial score (nSPS) is 9.89. The second-order valence-electron chi connectivity index (χ2n) is 4.06. The van der Waals surface area contributed by atoms with Gasteiger partial charge in [0.15, 0.2) is 0 Å². The third-order valence-electron chi connectivity index (χ3n) is 2.58. The van der Waals surface area contributed by atoms with Crippen LogP contribution in [0, 0.1) is 18.3 Å². The van der Waals surface area contributed by atoms with Crippen LogP contribution in [0.4, 0.5) is 0 Å². The molecule has 2 aromatic rings. The SMILES string of the molecule is Cc1ccc(CCNC(=O)c2ccc(C#N)cn2)o1. The molecule has 0 saturated heterocycles. The van der Waals surface area contributed by atoms with Gasteiger partial charge >= 0.3 is 0 Å². The van der Waals surface area contributed by atoms with Crippen LogP contribution in [-0.2, 0) is 6.42 Å². The predicted octanol–water partition coefficient (Wildman–Crippen LogP) is 1.83. The summed E-state index contributed by atoms with van der Waals surface area (Å²) in [5.74, 6) is 1.44. The maximum Gasteiger partial charge on any atom is 0.269 e. The molecule has 0 aliphatic carbocycles. The van der Waals surface area contributed by atoms with Gasteiger partial charge in [-0.3, -0.25) is 4.79 Å². The molecule has 0 radical (unpaired) electrons. The summed E-state index contributed by atoms with van der Waals surface area (Å²) in [7, 11) is 0. The minimum absolute atomic E-state index is 0.257. The van der Waals surface area contributed by atoms with Gasteiger partial charge in [-0.25, -0.2) is 4.98 Å². The van der Waals surface area contributed by atoms with E-state index in [-0.39, 0.29) is 5.91 Å². The first-order chi connectivity index (χ1) is 9.19. The molecule has 5 heteroatoms. The van der Waals surface area contributed by atoms with Crippen molar-refractivity contribution in [2.24, 2.45) is 0 Å². The number of carbonyl (C=O) groups excluding carboxylic acids is 1. The highest BCUT2D eigenvalue weighted by molar-refractivity contribution is 5.92. The Morgan fingerprint density at radius 2 is 2.26 bits per heavy atom. The van der Waals surface area contributed by atoms with Crippen LogP contribution in [-0.4, -0.2) is 17.4 Å². The van der Waals surface area contributed by atoms with Crippen LogP contribution in [0.3, 0.4) is 0 Å². The zero-order chi connectivity index (χ0) is 13.7. The monoisotopic (exact) mass is 255 g/mol. The van der Waals surface area contributed by atoms with Gasteiger partial charge in [-0.15, -0.1) is 0 Å². The second-order valence-corrected chi connectivity index (χ2v) is 4.06. The Kier molecular flexibility index (Phi) is 3.94. The number of rotatable bonds is 4. The fraction of sp³-hybridized carbons (Fsp3) is 0.214. The molecule has 2 aromatic heterocycles. The molecular formula is C14H13N3O2. The number of furan rings is 1. The maximum absolute atomic E-state index is 11.8. The smallest absolute Gasteiger partial charge is 0.269 e. The summed E-state index contributed by atoms with van der Waals surface area (Å²) >= 11 is 0. The lowest BCUT2D eigenvalue weighted by molar-refractivity contribution is 0.0949. The number of hydrogen-bond donors (Lipinski definition) is 1. The summed E-state index contributed by atoms with van der Waals surface area (Å²) in [6.45, 7) is 2.36. The highest BCUT2D eigenvalue weighted by Gasteiger charge is 2.07. The van der Waals surface area contributed by atoms with Crippen molar-refractivity contribution in [2.45, 2.75) is 13.3 Å². The first-order valence-electron chi connectivity index (χ1n) is 5.88. The van der Waals surface area contributed by atoms with Crippen LogP contribution in [0.2, 0.25) is 0 Å². The number of nitrogens with one attached hydrogen (secondary N) is 1. The summed E-state index contributed by atoms with van der Waals surface area (Å²) in [5, 5.41) is 11.4. The van der Waals surface area contributed by atoms with Crippen LogP contribution in [0.15, 0.2) is 34.9 Å². The number of aryl methyl sites for hydroxylation is 1. The zero-order valence-electron chi connectivity index (χ0n) is 10.5. The summed E-state index contributed by atoms with van der Waals surface area (Å²) in [6.07, 6.45) is 2.01. The van der Waals surface area contributed by atoms with Crippen molar-refractivity contribution >= 4 is 5.91 Å². The lowest BCUT2D eigenvalue weighted by atomic mass is 10.2. The Balaban J connectivity index is 1.85. The molecule has 2 heterocycles. The van der Waals surface area contributed by atoms with Crippen molar-refractivity contribution < 1.29 is 9.21 Å². The largest absolute Gasteiger partial charge is 0.466 e. The number of amides is 1. The maximum atomic E-state index is 11.8. The molecule has 0 aliphatic heterocycles. The number of pyridine rings is 1. The Labute approximate surface area is 110 Å². The van der Waals surface area contributed by atoms with E-state index in [1.165, 1.54) is 12.3 Å². The van der Waals surface area contributed by atoms with E-state index in [0.29, 0.717) is 24.2 Å². The number of nitrogens with zero attached hydrogens (tertiary/aromatic N) is 2. The topological polar surface area (TPSA) is 78.9 Å². The van der Waals surface area contributed by atoms with Crippen molar-refractivity contribution in [3.63, 3.8) is 0 Å². The van der Waals surface area contributed by atoms with Gasteiger partial charge in [-0.1, -0.05) is 0 Å². The number of hydrogen-bond acceptors (Lipinski definition) is 4. The van der Waals surface area contributed by atoms with Crippen molar-refractivity contribution in [1.82, 2.24) is 10.3 Å². The quantitative estimate of drug-likeness (QED) is 0.903. The minimum atomic E-state index is -0.257. The molecule has 2 rings (SSSR count). The lowest BCUT2D eigenvalue weighted by Gasteiger charge is -2.03. The van der Waals surface area contributed by atoms with Crippen molar-refractivity contribution in [3.05, 3.63) is 53.2 Å². The summed E-state index contributed by atoms with van der Waals surface area (Å²) in [4.78, 5) is 15.7. The molecule has 96 valence electrons. The molecule has 0 saturated carbocycles. The zero-order valence-corrected chi connectivity index (χ0v) is 10.5. The number of aromatic nitrogens is 1. The van der Waals surface area contributed by atoms with E-state index >= 15 is 0 Å². The van der Waals surface area contributed by atoms with Gasteiger partial charge in [0.05, 0.1) is 5.56 Å². The van der Waals surface area contributed by atoms with E-state index in [9.17, 15) is 4.79 Å². The van der Waals surface area contributed by atoms with Crippen LogP contribution in [0.25, 0.3) is 0 Å². The van der Waals surface area contributed by atoms with E-state index in [4.69, 9.17) is 9.68 Å². The Morgan fingerprint density at radius 3 is 2.84 bits per heavy atom. The van der Waals surface area contributed by atoms with Gasteiger partial charge in [-0.2, -0.15) is 5.26 Å². The van der Waals surface area contributed by atoms with Gasteiger partial charge in [-0.05, 0) is 31.2 Å². The van der Waals surface area contributed by atoms with Crippen molar-refractivity contribution in [1.29, 1.82) is 5.26 Å². The molecule has 0 spiro atoms. The summed E-state index contributed by atoms with van der Waals surface area (Å²) in [6, 6.07) is 8.83. The molecule has 0 unspecified atom stereocenters. The predicted molar refractivity (Wildman–Crippen MR) is 68.4 cm³/mol. The number of carbonyl (C=O) groups is 1. The molecule has 0 fully saturated rings. The molecule has 0 aliphatic rings. The first-order valence-corrected chi connectivity index (χ1v) is 5.88. The Bertz CT molecular complexity index is 608. The third kappa shape index (κ3) is 3.42. The third-order valence-corrected chi connectivity index (χ3v) is 2.58. The first kappa shape index (κ1) is 12.8. The molecule has 1 N–H and O–H groups in total. The van der Waals surface area contributed by atoms with Crippen molar-refractivity contribution in [3.8, 4) is 6.07 Å². The van der Waals surface area contributed by atoms with Crippen LogP contribution >= 0.6 is 0 Å². The lowest BCUT2D eigenvalue weighted by Crippen LogP contribution is -2.26. The van der Waals surface area contributed by atoms with E-state index < -0.39 is 0 Å². The fourth-order valence-corrected chi connectivity index (χ4v) is 1.60. The van der Waals surface area contributed by atoms with Crippen molar-refractivity contribution in [2.75, 3.05) is 6.54 Å².